The zero-order valence-electron chi connectivity index (χ0n) is 16.9. The Kier molecular flexibility index (Phi) is 4.70. The highest BCUT2D eigenvalue weighted by Crippen LogP contribution is 2.32. The van der Waals surface area contributed by atoms with Crippen LogP contribution < -0.4 is 4.90 Å². The van der Waals surface area contributed by atoms with Crippen LogP contribution in [0.4, 0.5) is 5.95 Å². The Morgan fingerprint density at radius 2 is 1.93 bits per heavy atom. The minimum Gasteiger partial charge on any atom is -0.371 e. The van der Waals surface area contributed by atoms with Gasteiger partial charge in [0.15, 0.2) is 5.82 Å². The number of hydrogen-bond acceptors (Lipinski definition) is 7. The Morgan fingerprint density at radius 3 is 2.67 bits per heavy atom. The van der Waals surface area contributed by atoms with E-state index < -0.39 is 0 Å². The van der Waals surface area contributed by atoms with Crippen molar-refractivity contribution in [1.82, 2.24) is 34.7 Å². The Morgan fingerprint density at radius 1 is 1.13 bits per heavy atom. The molecular formula is C20H24N8O2. The van der Waals surface area contributed by atoms with E-state index >= 15 is 0 Å². The largest absolute Gasteiger partial charge is 0.371 e. The second-order valence-corrected chi connectivity index (χ2v) is 7.83. The molecule has 0 bridgehead atoms. The van der Waals surface area contributed by atoms with Crippen LogP contribution in [0.1, 0.15) is 23.5 Å². The third kappa shape index (κ3) is 3.32. The molecule has 0 unspecified atom stereocenters. The predicted octanol–water partition coefficient (Wildman–Crippen LogP) is 0.907. The molecule has 2 aromatic heterocycles. The Labute approximate surface area is 174 Å². The van der Waals surface area contributed by atoms with E-state index in [0.29, 0.717) is 32.1 Å². The van der Waals surface area contributed by atoms with E-state index in [1.54, 1.807) is 21.6 Å². The zero-order chi connectivity index (χ0) is 20.6. The highest BCUT2D eigenvalue weighted by Gasteiger charge is 2.42. The van der Waals surface area contributed by atoms with E-state index in [0.717, 1.165) is 31.0 Å². The minimum atomic E-state index is -0.301. The monoisotopic (exact) mass is 408 g/mol. The van der Waals surface area contributed by atoms with Gasteiger partial charge in [-0.3, -0.25) is 4.79 Å². The van der Waals surface area contributed by atoms with E-state index in [4.69, 9.17) is 4.74 Å². The quantitative estimate of drug-likeness (QED) is 0.636. The summed E-state index contributed by atoms with van der Waals surface area (Å²) in [5.41, 5.74) is 0.623. The van der Waals surface area contributed by atoms with Crippen LogP contribution in [0.25, 0.3) is 5.69 Å². The molecule has 5 rings (SSSR count). The lowest BCUT2D eigenvalue weighted by Gasteiger charge is -2.47. The molecule has 4 heterocycles. The van der Waals surface area contributed by atoms with Crippen molar-refractivity contribution in [3.63, 3.8) is 0 Å². The molecule has 2 aliphatic rings. The second kappa shape index (κ2) is 7.52. The summed E-state index contributed by atoms with van der Waals surface area (Å²) in [5.74, 6) is 1.16. The number of carbonyl (C=O) groups excluding carboxylic acids is 1. The summed E-state index contributed by atoms with van der Waals surface area (Å²) >= 11 is 0. The highest BCUT2D eigenvalue weighted by molar-refractivity contribution is 5.90. The van der Waals surface area contributed by atoms with E-state index in [9.17, 15) is 4.79 Å². The zero-order valence-corrected chi connectivity index (χ0v) is 16.9. The molecule has 1 spiro atoms. The fraction of sp³-hybridized carbons (Fsp3) is 0.450. The third-order valence-corrected chi connectivity index (χ3v) is 5.96. The van der Waals surface area contributed by atoms with Gasteiger partial charge in [0, 0.05) is 39.1 Å². The van der Waals surface area contributed by atoms with Crippen LogP contribution in [0.2, 0.25) is 0 Å². The lowest BCUT2D eigenvalue weighted by atomic mass is 9.89. The van der Waals surface area contributed by atoms with Crippen LogP contribution in [0.3, 0.4) is 0 Å². The number of anilines is 1. The molecule has 156 valence electrons. The molecule has 0 N–H and O–H groups in total. The molecule has 0 aliphatic carbocycles. The summed E-state index contributed by atoms with van der Waals surface area (Å²) in [6.45, 7) is 3.32. The van der Waals surface area contributed by atoms with Crippen LogP contribution in [-0.4, -0.2) is 79.0 Å². The standard InChI is InChI=1S/C20H24N8O2/c1-25-12-9-21-17(25)18(29)26-10-7-20(8-11-26)15-27(13-14-30-20)19-22-23-24-28(19)16-5-3-2-4-6-16/h2-6,9,12H,7-8,10-11,13-15H2,1H3. The van der Waals surface area contributed by atoms with Gasteiger partial charge in [-0.15, -0.1) is 0 Å². The number of hydrogen-bond donors (Lipinski definition) is 0. The summed E-state index contributed by atoms with van der Waals surface area (Å²) < 4.78 is 9.77. The molecule has 3 aromatic rings. The number of tetrazole rings is 1. The summed E-state index contributed by atoms with van der Waals surface area (Å²) in [7, 11) is 1.84. The number of rotatable bonds is 3. The number of imidazole rings is 1. The predicted molar refractivity (Wildman–Crippen MR) is 108 cm³/mol. The lowest BCUT2D eigenvalue weighted by molar-refractivity contribution is -0.0873. The normalized spacial score (nSPS) is 18.7. The molecule has 1 amide bonds. The number of ether oxygens (including phenoxy) is 1. The molecule has 2 aliphatic heterocycles. The maximum Gasteiger partial charge on any atom is 0.289 e. The van der Waals surface area contributed by atoms with Crippen LogP contribution in [0.15, 0.2) is 42.7 Å². The molecule has 0 saturated carbocycles. The molecule has 0 atom stereocenters. The van der Waals surface area contributed by atoms with Crippen molar-refractivity contribution in [2.24, 2.45) is 7.05 Å². The molecular weight excluding hydrogens is 384 g/mol. The highest BCUT2D eigenvalue weighted by atomic mass is 16.5. The minimum absolute atomic E-state index is 0.0296. The van der Waals surface area contributed by atoms with Crippen molar-refractivity contribution < 1.29 is 9.53 Å². The first-order valence-corrected chi connectivity index (χ1v) is 10.1. The van der Waals surface area contributed by atoms with Gasteiger partial charge in [0.25, 0.3) is 11.9 Å². The van der Waals surface area contributed by atoms with E-state index in [1.807, 2.05) is 42.3 Å². The Balaban J connectivity index is 1.30. The smallest absolute Gasteiger partial charge is 0.289 e. The van der Waals surface area contributed by atoms with Gasteiger partial charge in [0.1, 0.15) is 0 Å². The van der Waals surface area contributed by atoms with Gasteiger partial charge in [-0.05, 0) is 35.4 Å². The summed E-state index contributed by atoms with van der Waals surface area (Å²) in [6, 6.07) is 9.87. The Hall–Kier alpha value is -3.27. The van der Waals surface area contributed by atoms with Crippen LogP contribution >= 0.6 is 0 Å². The number of piperidine rings is 1. The number of morpholine rings is 1. The summed E-state index contributed by atoms with van der Waals surface area (Å²) in [4.78, 5) is 21.0. The summed E-state index contributed by atoms with van der Waals surface area (Å²) in [5, 5.41) is 12.4. The number of carbonyl (C=O) groups is 1. The van der Waals surface area contributed by atoms with Crippen LogP contribution in [-0.2, 0) is 11.8 Å². The molecule has 2 fully saturated rings. The average molecular weight is 408 g/mol. The van der Waals surface area contributed by atoms with Gasteiger partial charge in [-0.1, -0.05) is 23.3 Å². The fourth-order valence-electron chi connectivity index (χ4n) is 4.26. The number of amides is 1. The molecule has 1 aromatic carbocycles. The fourth-order valence-corrected chi connectivity index (χ4v) is 4.26. The SMILES string of the molecule is Cn1ccnc1C(=O)N1CCC2(CC1)CN(c1nnnn1-c1ccccc1)CCO2. The first-order chi connectivity index (χ1) is 14.7. The second-order valence-electron chi connectivity index (χ2n) is 7.83. The first-order valence-electron chi connectivity index (χ1n) is 10.1. The number of benzene rings is 1. The molecule has 10 nitrogen and oxygen atoms in total. The molecule has 0 radical (unpaired) electrons. The topological polar surface area (TPSA) is 94.2 Å². The molecule has 10 heteroatoms. The van der Waals surface area contributed by atoms with E-state index in [2.05, 4.69) is 25.4 Å². The third-order valence-electron chi connectivity index (χ3n) is 5.96. The number of nitrogens with zero attached hydrogens (tertiary/aromatic N) is 8. The number of aryl methyl sites for hydroxylation is 1. The first kappa shape index (κ1) is 18.7. The van der Waals surface area contributed by atoms with Crippen LogP contribution in [0.5, 0.6) is 0 Å². The lowest BCUT2D eigenvalue weighted by Crippen LogP contribution is -2.58. The van der Waals surface area contributed by atoms with Gasteiger partial charge in [-0.2, -0.15) is 4.68 Å². The Bertz CT molecular complexity index is 1020. The van der Waals surface area contributed by atoms with Gasteiger partial charge < -0.3 is 19.1 Å². The molecule has 30 heavy (non-hydrogen) atoms. The van der Waals surface area contributed by atoms with E-state index in [1.165, 1.54) is 0 Å². The average Bonchev–Trinajstić information content (AvgIpc) is 3.44. The van der Waals surface area contributed by atoms with Gasteiger partial charge in [-0.25, -0.2) is 4.98 Å². The maximum atomic E-state index is 12.8. The van der Waals surface area contributed by atoms with Crippen molar-refractivity contribution in [2.45, 2.75) is 18.4 Å². The number of para-hydroxylation sites is 1. The summed E-state index contributed by atoms with van der Waals surface area (Å²) in [6.07, 6.45) is 4.98. The number of likely N-dealkylation sites (tertiary alicyclic amines) is 1. The van der Waals surface area contributed by atoms with Crippen LogP contribution in [0, 0.1) is 0 Å². The van der Waals surface area contributed by atoms with Crippen molar-refractivity contribution in [2.75, 3.05) is 37.7 Å². The maximum absolute atomic E-state index is 12.8. The van der Waals surface area contributed by atoms with E-state index in [-0.39, 0.29) is 11.5 Å². The van der Waals surface area contributed by atoms with Crippen molar-refractivity contribution >= 4 is 11.9 Å². The van der Waals surface area contributed by atoms with Gasteiger partial charge >= 0.3 is 0 Å². The van der Waals surface area contributed by atoms with Crippen molar-refractivity contribution in [1.29, 1.82) is 0 Å². The number of aromatic nitrogens is 6. The molecule has 2 saturated heterocycles. The van der Waals surface area contributed by atoms with Crippen molar-refractivity contribution in [3.8, 4) is 5.69 Å². The van der Waals surface area contributed by atoms with Gasteiger partial charge in [0.05, 0.1) is 24.4 Å². The van der Waals surface area contributed by atoms with Crippen molar-refractivity contribution in [3.05, 3.63) is 48.5 Å². The van der Waals surface area contributed by atoms with Gasteiger partial charge in [0.2, 0.25) is 0 Å².